The first kappa shape index (κ1) is 14.3. The number of hydrogen-bond acceptors (Lipinski definition) is 2. The molecule has 1 heterocycles. The Kier molecular flexibility index (Phi) is 4.77. The summed E-state index contributed by atoms with van der Waals surface area (Å²) in [6, 6.07) is 8.80. The van der Waals surface area contributed by atoms with Crippen LogP contribution in [0.5, 0.6) is 0 Å². The Morgan fingerprint density at radius 3 is 2.74 bits per heavy atom. The normalized spacial score (nSPS) is 12.6. The molecule has 0 aliphatic rings. The van der Waals surface area contributed by atoms with Gasteiger partial charge in [-0.3, -0.25) is 4.68 Å². The molecule has 3 nitrogen and oxygen atoms in total. The van der Waals surface area contributed by atoms with Crippen molar-refractivity contribution in [3.05, 3.63) is 51.8 Å². The highest BCUT2D eigenvalue weighted by molar-refractivity contribution is 9.10. The van der Waals surface area contributed by atoms with Gasteiger partial charge in [-0.2, -0.15) is 5.10 Å². The highest BCUT2D eigenvalue weighted by atomic mass is 79.9. The number of hydrogen-bond donors (Lipinski definition) is 1. The quantitative estimate of drug-likeness (QED) is 0.913. The van der Waals surface area contributed by atoms with E-state index in [0.29, 0.717) is 0 Å². The number of nitrogens with one attached hydrogen (secondary N) is 1. The van der Waals surface area contributed by atoms with E-state index in [4.69, 9.17) is 0 Å². The number of halogens is 1. The molecule has 0 aliphatic heterocycles. The molecular weight excluding hydrogens is 302 g/mol. The predicted molar refractivity (Wildman–Crippen MR) is 82.3 cm³/mol. The maximum Gasteiger partial charge on any atom is 0.0698 e. The van der Waals surface area contributed by atoms with Crippen LogP contribution in [0.15, 0.2) is 34.9 Å². The van der Waals surface area contributed by atoms with E-state index < -0.39 is 0 Å². The molecule has 19 heavy (non-hydrogen) atoms. The third kappa shape index (κ3) is 3.07. The predicted octanol–water partition coefficient (Wildman–Crippen LogP) is 3.48. The van der Waals surface area contributed by atoms with Gasteiger partial charge in [-0.1, -0.05) is 24.3 Å². The topological polar surface area (TPSA) is 29.9 Å². The van der Waals surface area contributed by atoms with E-state index in [0.717, 1.165) is 17.4 Å². The van der Waals surface area contributed by atoms with E-state index in [9.17, 15) is 0 Å². The van der Waals surface area contributed by atoms with Gasteiger partial charge < -0.3 is 5.32 Å². The minimum absolute atomic E-state index is 0.262. The maximum atomic E-state index is 4.40. The van der Waals surface area contributed by atoms with Gasteiger partial charge >= 0.3 is 0 Å². The van der Waals surface area contributed by atoms with Gasteiger partial charge in [-0.15, -0.1) is 0 Å². The molecule has 0 spiro atoms. The number of rotatable bonds is 5. The van der Waals surface area contributed by atoms with Crippen molar-refractivity contribution in [3.8, 4) is 0 Å². The SMILES string of the molecule is CCn1ncc(Br)c1C(Cc1ccccc1C)NC. The van der Waals surface area contributed by atoms with Crippen LogP contribution in [0.1, 0.15) is 29.8 Å². The molecule has 0 bridgehead atoms. The zero-order chi connectivity index (χ0) is 13.8. The summed E-state index contributed by atoms with van der Waals surface area (Å²) < 4.78 is 3.12. The largest absolute Gasteiger partial charge is 0.311 e. The zero-order valence-corrected chi connectivity index (χ0v) is 13.2. The zero-order valence-electron chi connectivity index (χ0n) is 11.7. The Bertz CT molecular complexity index is 548. The highest BCUT2D eigenvalue weighted by Crippen LogP contribution is 2.26. The number of nitrogens with zero attached hydrogens (tertiary/aromatic N) is 2. The summed E-state index contributed by atoms with van der Waals surface area (Å²) in [5.41, 5.74) is 3.92. The average Bonchev–Trinajstić information content (AvgIpc) is 2.79. The lowest BCUT2D eigenvalue weighted by atomic mass is 9.99. The van der Waals surface area contributed by atoms with Crippen molar-refractivity contribution in [3.63, 3.8) is 0 Å². The van der Waals surface area contributed by atoms with Crippen LogP contribution in [0.25, 0.3) is 0 Å². The van der Waals surface area contributed by atoms with Gasteiger partial charge in [0.05, 0.1) is 22.4 Å². The third-order valence-corrected chi connectivity index (χ3v) is 4.11. The first-order valence-corrected chi connectivity index (χ1v) is 7.39. The smallest absolute Gasteiger partial charge is 0.0698 e. The number of aromatic nitrogens is 2. The summed E-state index contributed by atoms with van der Waals surface area (Å²) in [6.45, 7) is 5.16. The van der Waals surface area contributed by atoms with Gasteiger partial charge in [-0.25, -0.2) is 0 Å². The van der Waals surface area contributed by atoms with Gasteiger partial charge in [0.2, 0.25) is 0 Å². The molecule has 102 valence electrons. The van der Waals surface area contributed by atoms with Crippen molar-refractivity contribution < 1.29 is 0 Å². The van der Waals surface area contributed by atoms with Crippen molar-refractivity contribution in [1.82, 2.24) is 15.1 Å². The van der Waals surface area contributed by atoms with Crippen LogP contribution in [0.4, 0.5) is 0 Å². The van der Waals surface area contributed by atoms with Crippen molar-refractivity contribution >= 4 is 15.9 Å². The second-order valence-electron chi connectivity index (χ2n) is 4.67. The molecular formula is C15H20BrN3. The molecule has 1 aromatic heterocycles. The number of likely N-dealkylation sites (N-methyl/N-ethyl adjacent to an activating group) is 1. The molecule has 2 aromatic rings. The Morgan fingerprint density at radius 1 is 1.37 bits per heavy atom. The minimum atomic E-state index is 0.262. The van der Waals surface area contributed by atoms with Crippen molar-refractivity contribution in [2.45, 2.75) is 32.9 Å². The Labute approximate surface area is 123 Å². The molecule has 1 aromatic carbocycles. The van der Waals surface area contributed by atoms with Crippen LogP contribution in [-0.2, 0) is 13.0 Å². The van der Waals surface area contributed by atoms with E-state index in [2.05, 4.69) is 64.5 Å². The number of benzene rings is 1. The molecule has 0 amide bonds. The molecule has 0 fully saturated rings. The van der Waals surface area contributed by atoms with Crippen LogP contribution in [-0.4, -0.2) is 16.8 Å². The lowest BCUT2D eigenvalue weighted by Crippen LogP contribution is -2.23. The Balaban J connectivity index is 2.30. The summed E-state index contributed by atoms with van der Waals surface area (Å²) in [5.74, 6) is 0. The van der Waals surface area contributed by atoms with Gasteiger partial charge in [-0.05, 0) is 54.4 Å². The lowest BCUT2D eigenvalue weighted by molar-refractivity contribution is 0.511. The average molecular weight is 322 g/mol. The van der Waals surface area contributed by atoms with Gasteiger partial charge in [0.15, 0.2) is 0 Å². The van der Waals surface area contributed by atoms with Crippen molar-refractivity contribution in [2.24, 2.45) is 0 Å². The summed E-state index contributed by atoms with van der Waals surface area (Å²) in [6.07, 6.45) is 2.84. The van der Waals surface area contributed by atoms with E-state index in [1.165, 1.54) is 16.8 Å². The number of aryl methyl sites for hydroxylation is 2. The van der Waals surface area contributed by atoms with E-state index in [-0.39, 0.29) is 6.04 Å². The van der Waals surface area contributed by atoms with E-state index in [1.54, 1.807) is 0 Å². The molecule has 1 atom stereocenters. The second kappa shape index (κ2) is 6.35. The standard InChI is InChI=1S/C15H20BrN3/c1-4-19-15(13(16)10-18-19)14(17-3)9-12-8-6-5-7-11(12)2/h5-8,10,14,17H,4,9H2,1-3H3. The van der Waals surface area contributed by atoms with Gasteiger partial charge in [0.25, 0.3) is 0 Å². The summed E-state index contributed by atoms with van der Waals surface area (Å²) in [5, 5.41) is 7.80. The molecule has 1 unspecified atom stereocenters. The molecule has 0 saturated heterocycles. The third-order valence-electron chi connectivity index (χ3n) is 3.50. The van der Waals surface area contributed by atoms with Crippen LogP contribution < -0.4 is 5.32 Å². The lowest BCUT2D eigenvalue weighted by Gasteiger charge is -2.19. The first-order chi connectivity index (χ1) is 9.17. The van der Waals surface area contributed by atoms with Crippen LogP contribution >= 0.6 is 15.9 Å². The second-order valence-corrected chi connectivity index (χ2v) is 5.52. The fourth-order valence-corrected chi connectivity index (χ4v) is 2.94. The maximum absolute atomic E-state index is 4.40. The van der Waals surface area contributed by atoms with Gasteiger partial charge in [0, 0.05) is 6.54 Å². The molecule has 1 N–H and O–H groups in total. The Hall–Kier alpha value is -1.13. The van der Waals surface area contributed by atoms with Crippen molar-refractivity contribution in [1.29, 1.82) is 0 Å². The van der Waals surface area contributed by atoms with Crippen molar-refractivity contribution in [2.75, 3.05) is 7.05 Å². The van der Waals surface area contributed by atoms with E-state index >= 15 is 0 Å². The van der Waals surface area contributed by atoms with Crippen LogP contribution in [0.2, 0.25) is 0 Å². The molecule has 2 rings (SSSR count). The van der Waals surface area contributed by atoms with E-state index in [1.807, 2.05) is 17.9 Å². The minimum Gasteiger partial charge on any atom is -0.311 e. The highest BCUT2D eigenvalue weighted by Gasteiger charge is 2.19. The molecule has 0 saturated carbocycles. The van der Waals surface area contributed by atoms with Crippen LogP contribution in [0, 0.1) is 6.92 Å². The fraction of sp³-hybridized carbons (Fsp3) is 0.400. The summed E-state index contributed by atoms with van der Waals surface area (Å²) in [4.78, 5) is 0. The first-order valence-electron chi connectivity index (χ1n) is 6.60. The molecule has 4 heteroatoms. The summed E-state index contributed by atoms with van der Waals surface area (Å²) in [7, 11) is 2.00. The fourth-order valence-electron chi connectivity index (χ4n) is 2.36. The Morgan fingerprint density at radius 2 is 2.11 bits per heavy atom. The molecule has 0 aliphatic carbocycles. The molecule has 0 radical (unpaired) electrons. The summed E-state index contributed by atoms with van der Waals surface area (Å²) >= 11 is 3.61. The monoisotopic (exact) mass is 321 g/mol. The van der Waals surface area contributed by atoms with Crippen LogP contribution in [0.3, 0.4) is 0 Å². The van der Waals surface area contributed by atoms with Gasteiger partial charge in [0.1, 0.15) is 0 Å².